The van der Waals surface area contributed by atoms with Crippen LogP contribution in [0.1, 0.15) is 48.8 Å². The van der Waals surface area contributed by atoms with E-state index in [0.29, 0.717) is 47.2 Å². The Kier molecular flexibility index (Phi) is 7.66. The Hall–Kier alpha value is -4.35. The maximum atomic E-state index is 13.3. The molecule has 1 aromatic carbocycles. The molecular weight excluding hydrogens is 498 g/mol. The minimum atomic E-state index is -0.563. The Bertz CT molecular complexity index is 1420. The second-order valence-corrected chi connectivity index (χ2v) is 10.6. The number of nitrogens with two attached hydrogens (primary N) is 1. The van der Waals surface area contributed by atoms with Gasteiger partial charge in [-0.1, -0.05) is 0 Å². The minimum Gasteiger partial charge on any atom is -0.444 e. The molecule has 0 bridgehead atoms. The third-order valence-corrected chi connectivity index (χ3v) is 6.54. The van der Waals surface area contributed by atoms with Crippen LogP contribution in [0, 0.1) is 6.92 Å². The van der Waals surface area contributed by atoms with E-state index in [1.54, 1.807) is 44.5 Å². The van der Waals surface area contributed by atoms with Crippen molar-refractivity contribution < 1.29 is 14.3 Å². The smallest absolute Gasteiger partial charge is 0.410 e. The van der Waals surface area contributed by atoms with E-state index in [9.17, 15) is 9.59 Å². The predicted octanol–water partition coefficient (Wildman–Crippen LogP) is 3.41. The zero-order valence-electron chi connectivity index (χ0n) is 23.6. The minimum absolute atomic E-state index is 0.0235. The lowest BCUT2D eigenvalue weighted by Gasteiger charge is -2.29. The van der Waals surface area contributed by atoms with Crippen molar-refractivity contribution in [1.82, 2.24) is 19.3 Å². The van der Waals surface area contributed by atoms with Gasteiger partial charge in [0.25, 0.3) is 5.91 Å². The fourth-order valence-electron chi connectivity index (χ4n) is 4.66. The topological polar surface area (TPSA) is 142 Å². The Balaban J connectivity index is 1.56. The van der Waals surface area contributed by atoms with Gasteiger partial charge < -0.3 is 35.3 Å². The third-order valence-electron chi connectivity index (χ3n) is 6.54. The van der Waals surface area contributed by atoms with Crippen molar-refractivity contribution in [2.75, 3.05) is 55.5 Å². The molecule has 208 valence electrons. The first-order chi connectivity index (χ1) is 18.4. The van der Waals surface area contributed by atoms with Crippen molar-refractivity contribution in [2.24, 2.45) is 4.99 Å². The summed E-state index contributed by atoms with van der Waals surface area (Å²) in [5.74, 6) is 0.512. The SMILES string of the molecule is CN=Cc1c(N2CC[C@@H](N(C)C(=O)OC(C)(C)C)C2)ccc(C(=O)Nc2cn3cc(C)nc3c(NC)n2)c1N. The van der Waals surface area contributed by atoms with Crippen LogP contribution in [0.2, 0.25) is 0 Å². The molecule has 3 aromatic rings. The molecule has 1 aliphatic heterocycles. The fraction of sp³-hybridized carbons (Fsp3) is 0.444. The van der Waals surface area contributed by atoms with Gasteiger partial charge in [-0.15, -0.1) is 0 Å². The quantitative estimate of drug-likeness (QED) is 0.322. The molecule has 12 heteroatoms. The van der Waals surface area contributed by atoms with Crippen LogP contribution >= 0.6 is 0 Å². The van der Waals surface area contributed by atoms with Crippen molar-refractivity contribution in [3.05, 3.63) is 41.3 Å². The predicted molar refractivity (Wildman–Crippen MR) is 154 cm³/mol. The van der Waals surface area contributed by atoms with E-state index in [2.05, 4.69) is 30.5 Å². The maximum Gasteiger partial charge on any atom is 0.410 e. The van der Waals surface area contributed by atoms with Gasteiger partial charge >= 0.3 is 6.09 Å². The Morgan fingerprint density at radius 3 is 2.67 bits per heavy atom. The lowest BCUT2D eigenvalue weighted by molar-refractivity contribution is 0.0237. The van der Waals surface area contributed by atoms with Crippen LogP contribution in [-0.2, 0) is 4.74 Å². The first kappa shape index (κ1) is 27.7. The number of aromatic nitrogens is 3. The third kappa shape index (κ3) is 5.89. The fourth-order valence-corrected chi connectivity index (χ4v) is 4.66. The largest absolute Gasteiger partial charge is 0.444 e. The molecule has 0 unspecified atom stereocenters. The van der Waals surface area contributed by atoms with Gasteiger partial charge in [0.1, 0.15) is 5.60 Å². The molecule has 1 saturated heterocycles. The number of aryl methyl sites for hydroxylation is 1. The number of nitrogens with one attached hydrogen (secondary N) is 2. The van der Waals surface area contributed by atoms with E-state index in [1.807, 2.05) is 44.4 Å². The maximum absolute atomic E-state index is 13.3. The number of rotatable bonds is 6. The molecule has 0 aliphatic carbocycles. The highest BCUT2D eigenvalue weighted by Gasteiger charge is 2.32. The average Bonchev–Trinajstić information content (AvgIpc) is 3.49. The summed E-state index contributed by atoms with van der Waals surface area (Å²) in [6.45, 7) is 8.76. The number of carbonyl (C=O) groups excluding carboxylic acids is 2. The lowest BCUT2D eigenvalue weighted by atomic mass is 10.0. The molecule has 12 nitrogen and oxygen atoms in total. The van der Waals surface area contributed by atoms with E-state index in [0.717, 1.165) is 17.8 Å². The number of nitrogen functional groups attached to an aromatic ring is 1. The summed E-state index contributed by atoms with van der Waals surface area (Å²) in [4.78, 5) is 42.8. The van der Waals surface area contributed by atoms with Gasteiger partial charge in [-0.25, -0.2) is 14.8 Å². The molecule has 39 heavy (non-hydrogen) atoms. The number of fused-ring (bicyclic) bond motifs is 1. The van der Waals surface area contributed by atoms with Crippen molar-refractivity contribution in [2.45, 2.75) is 45.8 Å². The molecule has 1 atom stereocenters. The van der Waals surface area contributed by atoms with E-state index < -0.39 is 5.60 Å². The molecule has 2 aromatic heterocycles. The molecule has 4 N–H and O–H groups in total. The van der Waals surface area contributed by atoms with E-state index >= 15 is 0 Å². The van der Waals surface area contributed by atoms with Crippen LogP contribution in [0.15, 0.2) is 29.5 Å². The first-order valence-electron chi connectivity index (χ1n) is 12.8. The molecule has 3 heterocycles. The van der Waals surface area contributed by atoms with Crippen molar-refractivity contribution in [3.63, 3.8) is 0 Å². The Labute approximate surface area is 228 Å². The van der Waals surface area contributed by atoms with Gasteiger partial charge in [0.15, 0.2) is 17.3 Å². The summed E-state index contributed by atoms with van der Waals surface area (Å²) in [5, 5.41) is 5.87. The molecule has 4 rings (SSSR count). The second kappa shape index (κ2) is 10.8. The lowest BCUT2D eigenvalue weighted by Crippen LogP contribution is -2.42. The summed E-state index contributed by atoms with van der Waals surface area (Å²) in [5.41, 5.74) is 9.60. The van der Waals surface area contributed by atoms with Gasteiger partial charge in [-0.05, 0) is 46.2 Å². The number of amides is 2. The van der Waals surface area contributed by atoms with E-state index in [-0.39, 0.29) is 18.0 Å². The summed E-state index contributed by atoms with van der Waals surface area (Å²) in [7, 11) is 5.16. The Morgan fingerprint density at radius 2 is 2.00 bits per heavy atom. The number of anilines is 4. The van der Waals surface area contributed by atoms with E-state index in [1.165, 1.54) is 0 Å². The monoisotopic (exact) mass is 535 g/mol. The zero-order valence-corrected chi connectivity index (χ0v) is 23.6. The van der Waals surface area contributed by atoms with E-state index in [4.69, 9.17) is 10.5 Å². The molecular formula is C27H37N9O3. The standard InChI is InChI=1S/C27H37N9O3/c1-16-13-36-15-21(32-23(30-6)24(36)31-16)33-25(37)18-8-9-20(19(12-29-5)22(18)28)35-11-10-17(14-35)34(7)26(38)39-27(2,3)4/h8-9,12-13,15,17H,10-11,14,28H2,1-7H3,(H,30,32)(H,33,37)/t17-/m1/s1. The Morgan fingerprint density at radius 1 is 1.26 bits per heavy atom. The number of aliphatic imine (C=N–C) groups is 1. The molecule has 1 aliphatic rings. The average molecular weight is 536 g/mol. The second-order valence-electron chi connectivity index (χ2n) is 10.6. The highest BCUT2D eigenvalue weighted by molar-refractivity contribution is 6.11. The molecule has 0 radical (unpaired) electrons. The number of hydrogen-bond donors (Lipinski definition) is 3. The molecule has 1 fully saturated rings. The van der Waals surface area contributed by atoms with Crippen molar-refractivity contribution >= 4 is 46.9 Å². The molecule has 0 spiro atoms. The summed E-state index contributed by atoms with van der Waals surface area (Å²) in [6.07, 6.45) is 5.64. The number of ether oxygens (including phenoxy) is 1. The first-order valence-corrected chi connectivity index (χ1v) is 12.8. The van der Waals surface area contributed by atoms with Crippen LogP contribution in [0.5, 0.6) is 0 Å². The van der Waals surface area contributed by atoms with Crippen LogP contribution in [0.4, 0.5) is 27.8 Å². The number of carbonyl (C=O) groups is 2. The highest BCUT2D eigenvalue weighted by atomic mass is 16.6. The molecule has 0 saturated carbocycles. The summed E-state index contributed by atoms with van der Waals surface area (Å²) < 4.78 is 7.34. The van der Waals surface area contributed by atoms with Gasteiger partial charge in [-0.2, -0.15) is 0 Å². The van der Waals surface area contributed by atoms with Gasteiger partial charge in [0, 0.05) is 57.9 Å². The zero-order chi connectivity index (χ0) is 28.5. The number of likely N-dealkylation sites (N-methyl/N-ethyl adjacent to an activating group) is 1. The van der Waals surface area contributed by atoms with Crippen molar-refractivity contribution in [3.8, 4) is 0 Å². The van der Waals surface area contributed by atoms with Crippen molar-refractivity contribution in [1.29, 1.82) is 0 Å². The number of imidazole rings is 1. The van der Waals surface area contributed by atoms with Crippen LogP contribution in [0.3, 0.4) is 0 Å². The van der Waals surface area contributed by atoms with Gasteiger partial charge in [0.05, 0.1) is 29.2 Å². The number of hydrogen-bond acceptors (Lipinski definition) is 9. The normalized spacial score (nSPS) is 15.7. The number of benzene rings is 1. The summed E-state index contributed by atoms with van der Waals surface area (Å²) in [6, 6.07) is 3.55. The summed E-state index contributed by atoms with van der Waals surface area (Å²) >= 11 is 0. The van der Waals surface area contributed by atoms with Crippen LogP contribution in [0.25, 0.3) is 5.65 Å². The van der Waals surface area contributed by atoms with Gasteiger partial charge in [-0.3, -0.25) is 9.79 Å². The highest BCUT2D eigenvalue weighted by Crippen LogP contribution is 2.32. The van der Waals surface area contributed by atoms with Crippen LogP contribution < -0.4 is 21.3 Å². The number of nitrogens with zero attached hydrogens (tertiary/aromatic N) is 6. The molecule has 2 amide bonds. The van der Waals surface area contributed by atoms with Gasteiger partial charge in [0.2, 0.25) is 0 Å². The van der Waals surface area contributed by atoms with Crippen LogP contribution in [-0.4, -0.2) is 83.4 Å².